The molecule has 0 saturated carbocycles. The van der Waals surface area contributed by atoms with Gasteiger partial charge in [0, 0.05) is 25.8 Å². The third-order valence-electron chi connectivity index (χ3n) is 2.52. The highest BCUT2D eigenvalue weighted by Gasteiger charge is 2.16. The lowest BCUT2D eigenvalue weighted by Crippen LogP contribution is -2.32. The molecule has 16 heavy (non-hydrogen) atoms. The van der Waals surface area contributed by atoms with Gasteiger partial charge >= 0.3 is 0 Å². The van der Waals surface area contributed by atoms with Crippen molar-refractivity contribution in [1.82, 2.24) is 4.98 Å². The van der Waals surface area contributed by atoms with Crippen LogP contribution in [0.15, 0.2) is 6.20 Å². The van der Waals surface area contributed by atoms with Crippen molar-refractivity contribution in [3.8, 4) is 0 Å². The molecule has 3 nitrogen and oxygen atoms in total. The molecule has 0 aliphatic heterocycles. The second-order valence-electron chi connectivity index (χ2n) is 3.69. The van der Waals surface area contributed by atoms with Crippen molar-refractivity contribution in [2.45, 2.75) is 26.3 Å². The first-order valence-electron chi connectivity index (χ1n) is 5.28. The molecular formula is C11H18N2OS2. The number of ketones is 1. The summed E-state index contributed by atoms with van der Waals surface area (Å²) < 4.78 is 0. The molecular weight excluding hydrogens is 240 g/mol. The average molecular weight is 258 g/mol. The van der Waals surface area contributed by atoms with Crippen molar-refractivity contribution >= 4 is 34.0 Å². The van der Waals surface area contributed by atoms with E-state index in [1.165, 1.54) is 11.3 Å². The Morgan fingerprint density at radius 3 is 2.81 bits per heavy atom. The van der Waals surface area contributed by atoms with Crippen molar-refractivity contribution in [3.63, 3.8) is 0 Å². The molecule has 5 heteroatoms. The summed E-state index contributed by atoms with van der Waals surface area (Å²) in [5, 5.41) is 0.936. The Kier molecular flexibility index (Phi) is 5.28. The first-order valence-corrected chi connectivity index (χ1v) is 7.49. The molecule has 1 aromatic rings. The number of carbonyl (C=O) groups excluding carboxylic acids is 1. The van der Waals surface area contributed by atoms with Crippen LogP contribution in [0.2, 0.25) is 0 Å². The van der Waals surface area contributed by atoms with Gasteiger partial charge in [0.05, 0.1) is 11.1 Å². The van der Waals surface area contributed by atoms with Crippen LogP contribution in [0.25, 0.3) is 0 Å². The van der Waals surface area contributed by atoms with Crippen molar-refractivity contribution in [1.29, 1.82) is 0 Å². The Morgan fingerprint density at radius 1 is 1.69 bits per heavy atom. The third-order valence-corrected chi connectivity index (χ3v) is 4.43. The van der Waals surface area contributed by atoms with Crippen LogP contribution < -0.4 is 4.90 Å². The summed E-state index contributed by atoms with van der Waals surface area (Å²) in [6.45, 7) is 3.76. The highest BCUT2D eigenvalue weighted by molar-refractivity contribution is 7.98. The lowest BCUT2D eigenvalue weighted by molar-refractivity contribution is 0.102. The summed E-state index contributed by atoms with van der Waals surface area (Å²) in [4.78, 5) is 18.4. The highest BCUT2D eigenvalue weighted by atomic mass is 32.2. The first-order chi connectivity index (χ1) is 7.60. The van der Waals surface area contributed by atoms with E-state index in [0.717, 1.165) is 22.2 Å². The molecule has 0 N–H and O–H groups in total. The zero-order valence-electron chi connectivity index (χ0n) is 10.2. The highest BCUT2D eigenvalue weighted by Crippen LogP contribution is 2.25. The summed E-state index contributed by atoms with van der Waals surface area (Å²) in [5.74, 6) is 1.18. The second kappa shape index (κ2) is 6.25. The fourth-order valence-corrected chi connectivity index (χ4v) is 3.13. The summed E-state index contributed by atoms with van der Waals surface area (Å²) in [6.07, 6.45) is 4.87. The maximum Gasteiger partial charge on any atom is 0.185 e. The summed E-state index contributed by atoms with van der Waals surface area (Å²) in [7, 11) is 2.05. The summed E-state index contributed by atoms with van der Waals surface area (Å²) >= 11 is 3.31. The minimum Gasteiger partial charge on any atom is -0.347 e. The van der Waals surface area contributed by atoms with E-state index in [1.54, 1.807) is 13.1 Å². The zero-order chi connectivity index (χ0) is 12.1. The number of hydrogen-bond donors (Lipinski definition) is 0. The number of hydrogen-bond acceptors (Lipinski definition) is 5. The Morgan fingerprint density at radius 2 is 2.38 bits per heavy atom. The van der Waals surface area contributed by atoms with Crippen LogP contribution >= 0.6 is 23.1 Å². The smallest absolute Gasteiger partial charge is 0.185 e. The standard InChI is InChI=1S/C11H18N2OS2/c1-5-9(7-15-4)13(3)11-12-6-10(16-11)8(2)14/h6,9H,5,7H2,1-4H3. The third kappa shape index (κ3) is 3.22. The molecule has 0 saturated heterocycles. The molecule has 0 bridgehead atoms. The van der Waals surface area contributed by atoms with Crippen LogP contribution in [-0.4, -0.2) is 35.9 Å². The van der Waals surface area contributed by atoms with Crippen molar-refractivity contribution in [3.05, 3.63) is 11.1 Å². The minimum absolute atomic E-state index is 0.0927. The van der Waals surface area contributed by atoms with Gasteiger partial charge in [0.25, 0.3) is 0 Å². The number of Topliss-reactive ketones (excluding diaryl/α,β-unsaturated/α-hetero) is 1. The molecule has 1 unspecified atom stereocenters. The predicted molar refractivity (Wildman–Crippen MR) is 73.0 cm³/mol. The number of thiazole rings is 1. The van der Waals surface area contributed by atoms with Crippen molar-refractivity contribution in [2.75, 3.05) is 24.0 Å². The van der Waals surface area contributed by atoms with Crippen LogP contribution in [0.1, 0.15) is 29.9 Å². The second-order valence-corrected chi connectivity index (χ2v) is 5.61. The predicted octanol–water partition coefficient (Wildman–Crippen LogP) is 2.92. The number of thioether (sulfide) groups is 1. The van der Waals surface area contributed by atoms with Gasteiger partial charge in [0.1, 0.15) is 0 Å². The number of rotatable bonds is 6. The number of aromatic nitrogens is 1. The molecule has 1 atom stereocenters. The normalized spacial score (nSPS) is 12.5. The van der Waals surface area contributed by atoms with E-state index in [4.69, 9.17) is 0 Å². The molecule has 0 aliphatic rings. The molecule has 1 rings (SSSR count). The largest absolute Gasteiger partial charge is 0.347 e. The number of carbonyl (C=O) groups is 1. The van der Waals surface area contributed by atoms with Crippen LogP contribution in [0, 0.1) is 0 Å². The maximum absolute atomic E-state index is 11.2. The van der Waals surface area contributed by atoms with E-state index in [2.05, 4.69) is 23.1 Å². The monoisotopic (exact) mass is 258 g/mol. The molecule has 1 heterocycles. The number of anilines is 1. The average Bonchev–Trinajstić information content (AvgIpc) is 2.74. The van der Waals surface area contributed by atoms with Crippen LogP contribution in [0.4, 0.5) is 5.13 Å². The Bertz CT molecular complexity index is 352. The van der Waals surface area contributed by atoms with E-state index in [9.17, 15) is 4.79 Å². The van der Waals surface area contributed by atoms with Crippen molar-refractivity contribution in [2.24, 2.45) is 0 Å². The Balaban J connectivity index is 2.77. The van der Waals surface area contributed by atoms with Gasteiger partial charge in [-0.1, -0.05) is 18.3 Å². The maximum atomic E-state index is 11.2. The van der Waals surface area contributed by atoms with Crippen LogP contribution in [0.3, 0.4) is 0 Å². The SMILES string of the molecule is CCC(CSC)N(C)c1ncc(C(C)=O)s1. The lowest BCUT2D eigenvalue weighted by Gasteiger charge is -2.25. The summed E-state index contributed by atoms with van der Waals surface area (Å²) in [5.41, 5.74) is 0. The van der Waals surface area contributed by atoms with Gasteiger partial charge in [-0.25, -0.2) is 4.98 Å². The number of nitrogens with zero attached hydrogens (tertiary/aromatic N) is 2. The first kappa shape index (κ1) is 13.5. The van der Waals surface area contributed by atoms with Gasteiger partial charge in [-0.05, 0) is 12.7 Å². The Labute approximate surface area is 105 Å². The van der Waals surface area contributed by atoms with Crippen LogP contribution in [-0.2, 0) is 0 Å². The molecule has 0 aromatic carbocycles. The topological polar surface area (TPSA) is 33.2 Å². The minimum atomic E-state index is 0.0927. The van der Waals surface area contributed by atoms with Gasteiger partial charge < -0.3 is 4.90 Å². The van der Waals surface area contributed by atoms with Gasteiger partial charge in [0.2, 0.25) is 0 Å². The fraction of sp³-hybridized carbons (Fsp3) is 0.636. The molecule has 90 valence electrons. The van der Waals surface area contributed by atoms with Gasteiger partial charge in [-0.3, -0.25) is 4.79 Å². The van der Waals surface area contributed by atoms with Gasteiger partial charge in [-0.15, -0.1) is 0 Å². The molecule has 0 spiro atoms. The van der Waals surface area contributed by atoms with Crippen LogP contribution in [0.5, 0.6) is 0 Å². The molecule has 0 amide bonds. The van der Waals surface area contributed by atoms with E-state index in [0.29, 0.717) is 6.04 Å². The van der Waals surface area contributed by atoms with E-state index in [1.807, 2.05) is 18.8 Å². The van der Waals surface area contributed by atoms with Crippen molar-refractivity contribution < 1.29 is 4.79 Å². The van der Waals surface area contributed by atoms with E-state index < -0.39 is 0 Å². The molecule has 1 aromatic heterocycles. The Hall–Kier alpha value is -0.550. The fourth-order valence-electron chi connectivity index (χ4n) is 1.44. The molecule has 0 aliphatic carbocycles. The van der Waals surface area contributed by atoms with E-state index in [-0.39, 0.29) is 5.78 Å². The molecule has 0 fully saturated rings. The quantitative estimate of drug-likeness (QED) is 0.735. The summed E-state index contributed by atoms with van der Waals surface area (Å²) in [6, 6.07) is 0.487. The van der Waals surface area contributed by atoms with Gasteiger partial charge in [0.15, 0.2) is 10.9 Å². The zero-order valence-corrected chi connectivity index (χ0v) is 11.8. The lowest BCUT2D eigenvalue weighted by atomic mass is 10.2. The van der Waals surface area contributed by atoms with E-state index >= 15 is 0 Å². The van der Waals surface area contributed by atoms with Gasteiger partial charge in [-0.2, -0.15) is 11.8 Å². The molecule has 0 radical (unpaired) electrons.